The van der Waals surface area contributed by atoms with Gasteiger partial charge in [-0.15, -0.1) is 0 Å². The fourth-order valence-corrected chi connectivity index (χ4v) is 6.72. The third kappa shape index (κ3) is 7.00. The van der Waals surface area contributed by atoms with Crippen LogP contribution in [0, 0.1) is 18.8 Å². The third-order valence-corrected chi connectivity index (χ3v) is 8.83. The number of likely N-dealkylation sites (N-methyl/N-ethyl adjacent to an activating group) is 1. The molecule has 0 bridgehead atoms. The standard InChI is InChI=1S/C32H39ClF3N5O4/c1-19-13-22(32(34,35)36)15-25(37-19)41-26(42)14-21-18-39(28-23(33)10-8-11-24(28)38(5)29(43)27(21)41)12-7-6-9-20-16-40(17-20)30(44)45-31(2,3)4/h8,10-11,13,15,20-21,27H,6-7,9,12,14,16-18H2,1-5H3/t21-,27+/m1/s1. The van der Waals surface area contributed by atoms with Crippen LogP contribution in [-0.4, -0.2) is 72.7 Å². The topological polar surface area (TPSA) is 86.3 Å². The number of nitrogens with zero attached hydrogens (tertiary/aromatic N) is 5. The van der Waals surface area contributed by atoms with Crippen LogP contribution in [-0.2, 0) is 20.5 Å². The fraction of sp³-hybridized carbons (Fsp3) is 0.562. The zero-order valence-electron chi connectivity index (χ0n) is 26.2. The largest absolute Gasteiger partial charge is 0.444 e. The van der Waals surface area contributed by atoms with Crippen LogP contribution in [0.3, 0.4) is 0 Å². The van der Waals surface area contributed by atoms with Gasteiger partial charge in [-0.3, -0.25) is 14.5 Å². The molecule has 4 heterocycles. The highest BCUT2D eigenvalue weighted by Crippen LogP contribution is 2.43. The predicted molar refractivity (Wildman–Crippen MR) is 166 cm³/mol. The number of benzene rings is 1. The number of carbonyl (C=O) groups is 3. The zero-order chi connectivity index (χ0) is 32.8. The highest BCUT2D eigenvalue weighted by atomic mass is 35.5. The molecule has 2 atom stereocenters. The quantitative estimate of drug-likeness (QED) is 0.341. The Bertz CT molecular complexity index is 1470. The van der Waals surface area contributed by atoms with Crippen molar-refractivity contribution in [3.8, 4) is 0 Å². The monoisotopic (exact) mass is 649 g/mol. The molecule has 0 unspecified atom stereocenters. The molecule has 1 aromatic carbocycles. The average molecular weight is 650 g/mol. The molecule has 13 heteroatoms. The van der Waals surface area contributed by atoms with Gasteiger partial charge >= 0.3 is 12.3 Å². The first-order valence-electron chi connectivity index (χ1n) is 15.2. The van der Waals surface area contributed by atoms with Crippen molar-refractivity contribution in [2.75, 3.05) is 47.9 Å². The molecule has 2 saturated heterocycles. The van der Waals surface area contributed by atoms with Crippen LogP contribution in [0.2, 0.25) is 5.02 Å². The molecule has 0 radical (unpaired) electrons. The molecule has 3 aliphatic heterocycles. The van der Waals surface area contributed by atoms with Gasteiger partial charge in [0.2, 0.25) is 11.8 Å². The second-order valence-electron chi connectivity index (χ2n) is 13.2. The normalized spacial score (nSPS) is 20.9. The van der Waals surface area contributed by atoms with Gasteiger partial charge in [0.1, 0.15) is 17.5 Å². The Kier molecular flexibility index (Phi) is 9.00. The SMILES string of the molecule is Cc1cc(C(F)(F)F)cc(N2C(=O)C[C@@H]3CN(CCCCC4CN(C(=O)OC(C)(C)C)C4)c4c(Cl)cccc4N(C)C(=O)[C@H]32)n1. The Balaban J connectivity index is 1.33. The molecule has 0 N–H and O–H groups in total. The molecular weight excluding hydrogens is 611 g/mol. The first-order valence-corrected chi connectivity index (χ1v) is 15.6. The van der Waals surface area contributed by atoms with Crippen molar-refractivity contribution in [3.05, 3.63) is 46.6 Å². The van der Waals surface area contributed by atoms with Crippen LogP contribution in [0.15, 0.2) is 30.3 Å². The number of aryl methyl sites for hydroxylation is 1. The molecule has 5 rings (SSSR count). The van der Waals surface area contributed by atoms with Gasteiger partial charge in [0.05, 0.1) is 22.0 Å². The van der Waals surface area contributed by atoms with Crippen molar-refractivity contribution in [2.24, 2.45) is 11.8 Å². The number of hydrogen-bond acceptors (Lipinski definition) is 6. The lowest BCUT2D eigenvalue weighted by atomic mass is 9.93. The number of hydrogen-bond donors (Lipinski definition) is 0. The highest BCUT2D eigenvalue weighted by Gasteiger charge is 2.49. The van der Waals surface area contributed by atoms with Gasteiger partial charge in [-0.05, 0) is 70.7 Å². The maximum Gasteiger partial charge on any atom is 0.416 e. The van der Waals surface area contributed by atoms with Crippen LogP contribution in [0.1, 0.15) is 57.7 Å². The van der Waals surface area contributed by atoms with Crippen LogP contribution >= 0.6 is 11.6 Å². The Morgan fingerprint density at radius 1 is 1.09 bits per heavy atom. The number of anilines is 3. The number of rotatable bonds is 6. The first kappa shape index (κ1) is 32.8. The van der Waals surface area contributed by atoms with Gasteiger partial charge in [0.25, 0.3) is 0 Å². The summed E-state index contributed by atoms with van der Waals surface area (Å²) in [7, 11) is 1.59. The molecule has 0 aliphatic carbocycles. The predicted octanol–water partition coefficient (Wildman–Crippen LogP) is 6.30. The number of unbranched alkanes of at least 4 members (excludes halogenated alkanes) is 1. The van der Waals surface area contributed by atoms with E-state index in [1.54, 1.807) is 30.1 Å². The van der Waals surface area contributed by atoms with Crippen molar-refractivity contribution < 1.29 is 32.3 Å². The summed E-state index contributed by atoms with van der Waals surface area (Å²) >= 11 is 6.71. The zero-order valence-corrected chi connectivity index (χ0v) is 26.9. The second-order valence-corrected chi connectivity index (χ2v) is 13.6. The minimum Gasteiger partial charge on any atom is -0.444 e. The Hall–Kier alpha value is -3.54. The number of para-hydroxylation sites is 1. The summed E-state index contributed by atoms with van der Waals surface area (Å²) in [5.74, 6) is -1.15. The minimum absolute atomic E-state index is 0.0138. The van der Waals surface area contributed by atoms with Crippen molar-refractivity contribution in [1.82, 2.24) is 9.88 Å². The van der Waals surface area contributed by atoms with Crippen LogP contribution in [0.4, 0.5) is 35.2 Å². The van der Waals surface area contributed by atoms with E-state index in [0.29, 0.717) is 48.5 Å². The van der Waals surface area contributed by atoms with E-state index in [9.17, 15) is 27.6 Å². The number of aromatic nitrogens is 1. The summed E-state index contributed by atoms with van der Waals surface area (Å²) in [6, 6.07) is 6.01. The Morgan fingerprint density at radius 2 is 1.80 bits per heavy atom. The maximum atomic E-state index is 14.0. The number of halogens is 4. The maximum absolute atomic E-state index is 14.0. The minimum atomic E-state index is -4.63. The summed E-state index contributed by atoms with van der Waals surface area (Å²) < 4.78 is 46.4. The molecule has 2 aromatic rings. The van der Waals surface area contributed by atoms with E-state index in [1.165, 1.54) is 11.8 Å². The summed E-state index contributed by atoms with van der Waals surface area (Å²) in [6.45, 7) is 9.19. The molecule has 244 valence electrons. The van der Waals surface area contributed by atoms with E-state index in [2.05, 4.69) is 9.88 Å². The van der Waals surface area contributed by atoms with E-state index >= 15 is 0 Å². The van der Waals surface area contributed by atoms with Crippen molar-refractivity contribution in [1.29, 1.82) is 0 Å². The van der Waals surface area contributed by atoms with Crippen LogP contribution in [0.25, 0.3) is 0 Å². The molecule has 45 heavy (non-hydrogen) atoms. The van der Waals surface area contributed by atoms with Gasteiger partial charge in [-0.2, -0.15) is 13.2 Å². The molecule has 2 fully saturated rings. The van der Waals surface area contributed by atoms with Gasteiger partial charge < -0.3 is 19.4 Å². The van der Waals surface area contributed by atoms with Gasteiger partial charge in [-0.25, -0.2) is 9.78 Å². The smallest absolute Gasteiger partial charge is 0.416 e. The van der Waals surface area contributed by atoms with Gasteiger partial charge in [-0.1, -0.05) is 24.1 Å². The first-order chi connectivity index (χ1) is 21.0. The molecule has 9 nitrogen and oxygen atoms in total. The number of alkyl halides is 3. The second kappa shape index (κ2) is 12.3. The number of carbonyl (C=O) groups excluding carboxylic acids is 3. The van der Waals surface area contributed by atoms with Crippen LogP contribution < -0.4 is 14.7 Å². The average Bonchev–Trinajstić information content (AvgIpc) is 3.22. The number of pyridine rings is 1. The van der Waals surface area contributed by atoms with E-state index in [-0.39, 0.29) is 24.0 Å². The van der Waals surface area contributed by atoms with Gasteiger partial charge in [0.15, 0.2) is 0 Å². The van der Waals surface area contributed by atoms with Crippen molar-refractivity contribution in [3.63, 3.8) is 0 Å². The number of amides is 3. The molecular formula is C32H39ClF3N5O4. The lowest BCUT2D eigenvalue weighted by molar-refractivity contribution is -0.137. The van der Waals surface area contributed by atoms with Gasteiger partial charge in [0, 0.05) is 51.3 Å². The molecule has 0 saturated carbocycles. The Labute approximate surface area is 266 Å². The summed E-state index contributed by atoms with van der Waals surface area (Å²) in [6.07, 6.45) is -2.32. The molecule has 3 aliphatic rings. The lowest BCUT2D eigenvalue weighted by Gasteiger charge is -2.40. The fourth-order valence-electron chi connectivity index (χ4n) is 6.43. The van der Waals surface area contributed by atoms with E-state index in [1.807, 2.05) is 20.8 Å². The number of ether oxygens (including phenoxy) is 1. The van der Waals surface area contributed by atoms with E-state index < -0.39 is 41.1 Å². The van der Waals surface area contributed by atoms with E-state index in [0.717, 1.165) is 36.3 Å². The molecule has 1 aromatic heterocycles. The Morgan fingerprint density at radius 3 is 2.47 bits per heavy atom. The highest BCUT2D eigenvalue weighted by molar-refractivity contribution is 6.34. The lowest BCUT2D eigenvalue weighted by Crippen LogP contribution is -2.52. The molecule has 3 amide bonds. The molecule has 0 spiro atoms. The van der Waals surface area contributed by atoms with E-state index in [4.69, 9.17) is 16.3 Å². The summed E-state index contributed by atoms with van der Waals surface area (Å²) in [5.41, 5.74) is -0.112. The number of fused-ring (bicyclic) bond motifs is 2. The van der Waals surface area contributed by atoms with Crippen molar-refractivity contribution >= 4 is 46.7 Å². The van der Waals surface area contributed by atoms with Crippen molar-refractivity contribution in [2.45, 2.75) is 71.2 Å². The summed E-state index contributed by atoms with van der Waals surface area (Å²) in [5, 5.41) is 0.467. The number of likely N-dealkylation sites (tertiary alicyclic amines) is 1. The summed E-state index contributed by atoms with van der Waals surface area (Å²) in [4.78, 5) is 50.3. The van der Waals surface area contributed by atoms with Crippen LogP contribution in [0.5, 0.6) is 0 Å². The third-order valence-electron chi connectivity index (χ3n) is 8.53.